The molecular formula is C16H14ClN7O4S. The Bertz CT molecular complexity index is 1270. The Morgan fingerprint density at radius 2 is 2.24 bits per heavy atom. The largest absolute Gasteiger partial charge is 0.432 e. The number of aliphatic hydroxyl groups excluding tert-OH is 1. The van der Waals surface area contributed by atoms with Crippen molar-refractivity contribution in [3.8, 4) is 0 Å². The van der Waals surface area contributed by atoms with Crippen LogP contribution in [0, 0.1) is 6.92 Å². The number of furan rings is 1. The predicted molar refractivity (Wildman–Crippen MR) is 103 cm³/mol. The fourth-order valence-electron chi connectivity index (χ4n) is 2.83. The van der Waals surface area contributed by atoms with E-state index in [-0.39, 0.29) is 35.8 Å². The number of amides is 1. The Balaban J connectivity index is 1.56. The van der Waals surface area contributed by atoms with Gasteiger partial charge in [0.1, 0.15) is 17.8 Å². The van der Waals surface area contributed by atoms with Crippen molar-refractivity contribution in [3.05, 3.63) is 55.2 Å². The standard InChI is InChI=1S/C16H14ClN7O4S/c1-7-12-15(28-13(7)14(18)26)19-6-23(16(12)27)5-11-20-22-24(21-11)4-8(25)9-2-3-10(17)29-9/h2-3,6,8,25H,4-5H2,1H3,(H2,18,26)/t8-/m0/s1. The molecule has 150 valence electrons. The average molecular weight is 436 g/mol. The molecule has 0 radical (unpaired) electrons. The summed E-state index contributed by atoms with van der Waals surface area (Å²) < 4.78 is 7.10. The number of nitrogens with two attached hydrogens (primary N) is 1. The zero-order chi connectivity index (χ0) is 20.7. The van der Waals surface area contributed by atoms with E-state index in [1.54, 1.807) is 19.1 Å². The van der Waals surface area contributed by atoms with Crippen molar-refractivity contribution >= 4 is 39.9 Å². The van der Waals surface area contributed by atoms with Crippen LogP contribution in [0.4, 0.5) is 0 Å². The van der Waals surface area contributed by atoms with Crippen LogP contribution in [0.2, 0.25) is 4.34 Å². The number of carbonyl (C=O) groups excluding carboxylic acids is 1. The Morgan fingerprint density at radius 3 is 2.93 bits per heavy atom. The summed E-state index contributed by atoms with van der Waals surface area (Å²) in [5, 5.41) is 22.4. The first kappa shape index (κ1) is 19.2. The van der Waals surface area contributed by atoms with E-state index < -0.39 is 17.6 Å². The van der Waals surface area contributed by atoms with Gasteiger partial charge in [0.15, 0.2) is 11.6 Å². The smallest absolute Gasteiger partial charge is 0.284 e. The zero-order valence-electron chi connectivity index (χ0n) is 14.9. The zero-order valence-corrected chi connectivity index (χ0v) is 16.5. The Labute approximate surface area is 171 Å². The molecular weight excluding hydrogens is 422 g/mol. The highest BCUT2D eigenvalue weighted by molar-refractivity contribution is 7.16. The van der Waals surface area contributed by atoms with Crippen LogP contribution in [-0.4, -0.2) is 40.8 Å². The Morgan fingerprint density at radius 1 is 1.45 bits per heavy atom. The summed E-state index contributed by atoms with van der Waals surface area (Å²) in [5.74, 6) is -0.628. The second-order valence-electron chi connectivity index (χ2n) is 6.20. The van der Waals surface area contributed by atoms with Gasteiger partial charge in [-0.25, -0.2) is 4.98 Å². The average Bonchev–Trinajstić information content (AvgIpc) is 3.37. The number of hydrogen-bond donors (Lipinski definition) is 2. The van der Waals surface area contributed by atoms with Crippen molar-refractivity contribution in [2.45, 2.75) is 26.1 Å². The number of rotatable bonds is 6. The molecule has 0 aromatic carbocycles. The van der Waals surface area contributed by atoms with E-state index in [4.69, 9.17) is 21.8 Å². The summed E-state index contributed by atoms with van der Waals surface area (Å²) in [4.78, 5) is 30.1. The maximum atomic E-state index is 12.7. The van der Waals surface area contributed by atoms with Crippen LogP contribution in [0.1, 0.15) is 32.9 Å². The highest BCUT2D eigenvalue weighted by Crippen LogP contribution is 2.27. The molecule has 3 N–H and O–H groups in total. The van der Waals surface area contributed by atoms with Crippen molar-refractivity contribution in [3.63, 3.8) is 0 Å². The lowest BCUT2D eigenvalue weighted by Crippen LogP contribution is -2.22. The minimum Gasteiger partial charge on any atom is -0.432 e. The van der Waals surface area contributed by atoms with Gasteiger partial charge < -0.3 is 15.3 Å². The van der Waals surface area contributed by atoms with Gasteiger partial charge in [0.2, 0.25) is 5.71 Å². The van der Waals surface area contributed by atoms with Gasteiger partial charge in [-0.05, 0) is 24.3 Å². The lowest BCUT2D eigenvalue weighted by atomic mass is 10.2. The van der Waals surface area contributed by atoms with Crippen LogP contribution in [-0.2, 0) is 13.1 Å². The summed E-state index contributed by atoms with van der Waals surface area (Å²) in [6, 6.07) is 3.42. The van der Waals surface area contributed by atoms with Crippen LogP contribution >= 0.6 is 22.9 Å². The van der Waals surface area contributed by atoms with Crippen LogP contribution in [0.3, 0.4) is 0 Å². The highest BCUT2D eigenvalue weighted by atomic mass is 35.5. The van der Waals surface area contributed by atoms with E-state index in [9.17, 15) is 14.7 Å². The van der Waals surface area contributed by atoms with E-state index in [1.807, 2.05) is 0 Å². The van der Waals surface area contributed by atoms with Crippen LogP contribution in [0.5, 0.6) is 0 Å². The van der Waals surface area contributed by atoms with Crippen molar-refractivity contribution < 1.29 is 14.3 Å². The number of halogens is 1. The first-order chi connectivity index (χ1) is 13.8. The van der Waals surface area contributed by atoms with E-state index in [1.165, 1.54) is 27.0 Å². The first-order valence-corrected chi connectivity index (χ1v) is 9.51. The molecule has 0 unspecified atom stereocenters. The number of aliphatic hydroxyl groups is 1. The number of nitrogens with zero attached hydrogens (tertiary/aromatic N) is 6. The van der Waals surface area contributed by atoms with Gasteiger partial charge in [-0.1, -0.05) is 11.6 Å². The van der Waals surface area contributed by atoms with Crippen LogP contribution in [0.25, 0.3) is 11.1 Å². The number of primary amides is 1. The van der Waals surface area contributed by atoms with Gasteiger partial charge in [-0.3, -0.25) is 14.2 Å². The number of thiophene rings is 1. The SMILES string of the molecule is Cc1c(C(N)=O)oc2ncn(Cc3nnn(C[C@H](O)c4ccc(Cl)s4)n3)c(=O)c12. The molecule has 11 nitrogen and oxygen atoms in total. The number of aryl methyl sites for hydroxylation is 1. The third-order valence-electron chi connectivity index (χ3n) is 4.21. The van der Waals surface area contributed by atoms with Crippen molar-refractivity contribution in [2.75, 3.05) is 0 Å². The molecule has 29 heavy (non-hydrogen) atoms. The molecule has 4 rings (SSSR count). The molecule has 13 heteroatoms. The topological polar surface area (TPSA) is 155 Å². The van der Waals surface area contributed by atoms with Crippen LogP contribution in [0.15, 0.2) is 27.7 Å². The van der Waals surface area contributed by atoms with Gasteiger partial charge in [0.25, 0.3) is 11.5 Å². The number of aromatic nitrogens is 6. The number of tetrazole rings is 1. The number of carbonyl (C=O) groups is 1. The minimum absolute atomic E-state index is 0.000770. The number of fused-ring (bicyclic) bond motifs is 1. The van der Waals surface area contributed by atoms with Gasteiger partial charge in [0, 0.05) is 10.4 Å². The van der Waals surface area contributed by atoms with Gasteiger partial charge in [-0.2, -0.15) is 4.80 Å². The van der Waals surface area contributed by atoms with Gasteiger partial charge >= 0.3 is 0 Å². The number of hydrogen-bond acceptors (Lipinski definition) is 9. The molecule has 4 aromatic heterocycles. The molecule has 0 fully saturated rings. The molecule has 1 amide bonds. The maximum absolute atomic E-state index is 12.7. The maximum Gasteiger partial charge on any atom is 0.284 e. The minimum atomic E-state index is -0.837. The van der Waals surface area contributed by atoms with E-state index in [2.05, 4.69) is 20.4 Å². The monoisotopic (exact) mass is 435 g/mol. The fraction of sp³-hybridized carbons (Fsp3) is 0.250. The van der Waals surface area contributed by atoms with E-state index in [0.29, 0.717) is 14.8 Å². The lowest BCUT2D eigenvalue weighted by molar-refractivity contribution is 0.0975. The van der Waals surface area contributed by atoms with Gasteiger partial charge in [0.05, 0.1) is 17.4 Å². The Kier molecular flexibility index (Phi) is 4.90. The third kappa shape index (κ3) is 3.64. The predicted octanol–water partition coefficient (Wildman–Crippen LogP) is 0.880. The molecule has 0 aliphatic heterocycles. The first-order valence-electron chi connectivity index (χ1n) is 8.32. The molecule has 1 atom stereocenters. The summed E-state index contributed by atoms with van der Waals surface area (Å²) >= 11 is 7.14. The molecule has 4 aromatic rings. The molecule has 0 aliphatic rings. The summed E-state index contributed by atoms with van der Waals surface area (Å²) in [6.45, 7) is 1.64. The molecule has 0 saturated heterocycles. The second kappa shape index (κ2) is 7.39. The van der Waals surface area contributed by atoms with E-state index >= 15 is 0 Å². The normalized spacial score (nSPS) is 12.5. The third-order valence-corrected chi connectivity index (χ3v) is 5.54. The molecule has 0 spiro atoms. The molecule has 0 bridgehead atoms. The molecule has 0 saturated carbocycles. The highest BCUT2D eigenvalue weighted by Gasteiger charge is 2.20. The second-order valence-corrected chi connectivity index (χ2v) is 7.94. The summed E-state index contributed by atoms with van der Waals surface area (Å²) in [6.07, 6.45) is 0.428. The van der Waals surface area contributed by atoms with E-state index in [0.717, 1.165) is 0 Å². The summed E-state index contributed by atoms with van der Waals surface area (Å²) in [7, 11) is 0. The van der Waals surface area contributed by atoms with Crippen molar-refractivity contribution in [1.29, 1.82) is 0 Å². The van der Waals surface area contributed by atoms with Gasteiger partial charge in [-0.15, -0.1) is 21.5 Å². The molecule has 4 heterocycles. The fourth-order valence-corrected chi connectivity index (χ4v) is 3.87. The lowest BCUT2D eigenvalue weighted by Gasteiger charge is -2.06. The Hall–Kier alpha value is -3.09. The van der Waals surface area contributed by atoms with Crippen LogP contribution < -0.4 is 11.3 Å². The molecule has 0 aliphatic carbocycles. The van der Waals surface area contributed by atoms with Crippen molar-refractivity contribution in [1.82, 2.24) is 29.8 Å². The van der Waals surface area contributed by atoms with Crippen molar-refractivity contribution in [2.24, 2.45) is 5.73 Å². The summed E-state index contributed by atoms with van der Waals surface area (Å²) in [5.41, 5.74) is 5.19. The quantitative estimate of drug-likeness (QED) is 0.452.